The second kappa shape index (κ2) is 22.5. The third kappa shape index (κ3) is 136. The highest BCUT2D eigenvalue weighted by molar-refractivity contribution is 5.74. The van der Waals surface area contributed by atoms with Gasteiger partial charge in [0.25, 0.3) is 0 Å². The lowest BCUT2D eigenvalue weighted by Gasteiger charge is -1.89. The van der Waals surface area contributed by atoms with Crippen LogP contribution in [-0.2, 0) is 28.7 Å². The minimum Gasteiger partial charge on any atom is -0.469 e. The van der Waals surface area contributed by atoms with Crippen LogP contribution in [0.2, 0.25) is 0 Å². The van der Waals surface area contributed by atoms with Gasteiger partial charge in [-0.15, -0.1) is 0 Å². The van der Waals surface area contributed by atoms with Gasteiger partial charge in [-0.05, 0) is 27.7 Å². The van der Waals surface area contributed by atoms with E-state index in [2.05, 4.69) is 9.47 Å². The third-order valence-corrected chi connectivity index (χ3v) is 1.13. The molecule has 0 radical (unpaired) electrons. The molecule has 0 aromatic rings. The highest BCUT2D eigenvalue weighted by Crippen LogP contribution is 1.71. The zero-order chi connectivity index (χ0) is 17.1. The molecule has 0 atom stereocenters. The van der Waals surface area contributed by atoms with Crippen molar-refractivity contribution in [2.24, 2.45) is 0 Å². The fourth-order valence-corrected chi connectivity index (χ4v) is 0.203. The summed E-state index contributed by atoms with van der Waals surface area (Å²) in [5.74, 6) is -0.0347. The molecule has 0 rings (SSSR count). The molecule has 0 unspecified atom stereocenters. The maximum Gasteiger partial charge on any atom is 0.302 e. The molecule has 0 aliphatic carbocycles. The van der Waals surface area contributed by atoms with Crippen LogP contribution in [0.1, 0.15) is 54.9 Å². The normalized spacial score (nSPS) is 7.20. The van der Waals surface area contributed by atoms with Gasteiger partial charge < -0.3 is 19.1 Å². The number of carbonyl (C=O) groups is 4. The van der Waals surface area contributed by atoms with Crippen molar-refractivity contribution < 1.29 is 28.7 Å². The molecule has 0 aromatic carbocycles. The summed E-state index contributed by atoms with van der Waals surface area (Å²) in [4.78, 5) is 38.7. The Balaban J connectivity index is -0.0000000862. The number of hydrogen-bond donors (Lipinski definition) is 0. The third-order valence-electron chi connectivity index (χ3n) is 1.13. The summed E-state index contributed by atoms with van der Waals surface area (Å²) in [6.07, 6.45) is 0.667. The van der Waals surface area contributed by atoms with Crippen LogP contribution in [0.5, 0.6) is 0 Å². The zero-order valence-electron chi connectivity index (χ0n) is 13.9. The van der Waals surface area contributed by atoms with Crippen molar-refractivity contribution in [1.82, 2.24) is 0 Å². The van der Waals surface area contributed by atoms with Gasteiger partial charge in [-0.2, -0.15) is 0 Å². The summed E-state index contributed by atoms with van der Waals surface area (Å²) in [5.41, 5.74) is 0. The fraction of sp³-hybridized carbons (Fsp3) is 0.714. The van der Waals surface area contributed by atoms with Crippen molar-refractivity contribution in [3.05, 3.63) is 0 Å². The molecule has 120 valence electrons. The van der Waals surface area contributed by atoms with Crippen molar-refractivity contribution >= 4 is 23.5 Å². The first-order valence-corrected chi connectivity index (χ1v) is 6.19. The molecule has 0 aliphatic heterocycles. The number of esters is 2. The van der Waals surface area contributed by atoms with Crippen molar-refractivity contribution in [3.63, 3.8) is 0 Å². The van der Waals surface area contributed by atoms with E-state index in [9.17, 15) is 19.2 Å². The van der Waals surface area contributed by atoms with E-state index >= 15 is 0 Å². The van der Waals surface area contributed by atoms with E-state index in [0.717, 1.165) is 0 Å². The Labute approximate surface area is 121 Å². The van der Waals surface area contributed by atoms with Crippen LogP contribution in [0.15, 0.2) is 0 Å². The predicted octanol–water partition coefficient (Wildman–Crippen LogP) is 2.33. The highest BCUT2D eigenvalue weighted by Gasteiger charge is 1.81. The van der Waals surface area contributed by atoms with E-state index in [-0.39, 0.29) is 23.5 Å². The largest absolute Gasteiger partial charge is 0.469 e. The lowest BCUT2D eigenvalue weighted by Crippen LogP contribution is -1.95. The Hall–Kier alpha value is -1.72. The molecule has 0 spiro atoms. The number of hydrogen-bond acceptors (Lipinski definition) is 6. The lowest BCUT2D eigenvalue weighted by molar-refractivity contribution is -0.140. The van der Waals surface area contributed by atoms with Crippen LogP contribution in [0.4, 0.5) is 0 Å². The van der Waals surface area contributed by atoms with Crippen molar-refractivity contribution in [2.45, 2.75) is 54.9 Å². The molecule has 6 nitrogen and oxygen atoms in total. The molecule has 0 bridgehead atoms. The lowest BCUT2D eigenvalue weighted by atomic mass is 10.4. The average molecular weight is 292 g/mol. The van der Waals surface area contributed by atoms with Crippen LogP contribution >= 0.6 is 0 Å². The highest BCUT2D eigenvalue weighted by atomic mass is 16.5. The van der Waals surface area contributed by atoms with Gasteiger partial charge in [0.1, 0.15) is 11.6 Å². The predicted molar refractivity (Wildman–Crippen MR) is 77.3 cm³/mol. The molecule has 0 N–H and O–H groups in total. The minimum absolute atomic E-state index is 0.167. The molecule has 0 saturated carbocycles. The number of carbonyl (C=O) groups excluding carboxylic acids is 4. The van der Waals surface area contributed by atoms with Gasteiger partial charge in [-0.1, -0.05) is 6.92 Å². The Bertz CT molecular complexity index is 253. The van der Waals surface area contributed by atoms with Crippen LogP contribution in [0, 0.1) is 0 Å². The van der Waals surface area contributed by atoms with E-state index in [1.165, 1.54) is 34.8 Å². The summed E-state index contributed by atoms with van der Waals surface area (Å²) < 4.78 is 8.51. The molecule has 0 heterocycles. The van der Waals surface area contributed by atoms with Gasteiger partial charge in [-0.25, -0.2) is 0 Å². The maximum absolute atomic E-state index is 9.82. The Kier molecular flexibility index (Phi) is 30.1. The van der Waals surface area contributed by atoms with Gasteiger partial charge in [0, 0.05) is 20.3 Å². The molecule has 0 aromatic heterocycles. The Morgan fingerprint density at radius 3 is 1.05 bits per heavy atom. The monoisotopic (exact) mass is 292 g/mol. The molecule has 20 heavy (non-hydrogen) atoms. The fourth-order valence-electron chi connectivity index (χ4n) is 0.203. The first kappa shape index (κ1) is 26.8. The first-order valence-electron chi connectivity index (χ1n) is 6.19. The van der Waals surface area contributed by atoms with E-state index in [1.807, 2.05) is 6.92 Å². The van der Waals surface area contributed by atoms with Crippen molar-refractivity contribution in [1.29, 1.82) is 0 Å². The number of ketones is 2. The molecule has 0 amide bonds. The summed E-state index contributed by atoms with van der Waals surface area (Å²) >= 11 is 0. The molecule has 0 saturated heterocycles. The Morgan fingerprint density at radius 2 is 1.05 bits per heavy atom. The van der Waals surface area contributed by atoms with Crippen LogP contribution in [-0.4, -0.2) is 37.2 Å². The van der Waals surface area contributed by atoms with E-state index in [1.54, 1.807) is 13.8 Å². The number of Topliss-reactive ketones (excluding diaryl/α,β-unsaturated/α-hetero) is 2. The quantitative estimate of drug-likeness (QED) is 0.726. The van der Waals surface area contributed by atoms with Crippen LogP contribution in [0.25, 0.3) is 0 Å². The second-order valence-electron chi connectivity index (χ2n) is 3.58. The standard InChI is InChI=1S/C4H8O2.C4H8O.C3H6O2.C3H6O/c1-3-6-4(2)5;1-3-4(2)5;1-3(4)5-2;1-3(2)4/h3H2,1-2H3;3H2,1-2H3;1-2H3;1-2H3. The topological polar surface area (TPSA) is 86.7 Å². The SMILES string of the molecule is CC(C)=O.CCC(C)=O.CCOC(C)=O.COC(C)=O. The molecular formula is C14H28O6. The Morgan fingerprint density at radius 1 is 0.800 bits per heavy atom. The maximum atomic E-state index is 9.82. The second-order valence-corrected chi connectivity index (χ2v) is 3.58. The van der Waals surface area contributed by atoms with Gasteiger partial charge in [0.05, 0.1) is 13.7 Å². The molecule has 0 fully saturated rings. The van der Waals surface area contributed by atoms with Gasteiger partial charge in [0.2, 0.25) is 0 Å². The van der Waals surface area contributed by atoms with Gasteiger partial charge in [0.15, 0.2) is 0 Å². The number of rotatable bonds is 2. The van der Waals surface area contributed by atoms with E-state index in [4.69, 9.17) is 0 Å². The van der Waals surface area contributed by atoms with Gasteiger partial charge in [-0.3, -0.25) is 9.59 Å². The molecule has 0 aliphatic rings. The molecular weight excluding hydrogens is 264 g/mol. The average Bonchev–Trinajstić information content (AvgIpc) is 2.29. The summed E-state index contributed by atoms with van der Waals surface area (Å²) in [6.45, 7) is 11.5. The van der Waals surface area contributed by atoms with Gasteiger partial charge >= 0.3 is 11.9 Å². The smallest absolute Gasteiger partial charge is 0.302 e. The van der Waals surface area contributed by atoms with Crippen LogP contribution in [0.3, 0.4) is 0 Å². The summed E-state index contributed by atoms with van der Waals surface area (Å²) in [7, 11) is 1.35. The molecule has 6 heteroatoms. The van der Waals surface area contributed by atoms with E-state index < -0.39 is 0 Å². The first-order chi connectivity index (χ1) is 9.04. The van der Waals surface area contributed by atoms with Crippen LogP contribution < -0.4 is 0 Å². The number of methoxy groups -OCH3 is 1. The van der Waals surface area contributed by atoms with Crippen molar-refractivity contribution in [3.8, 4) is 0 Å². The number of ether oxygens (including phenoxy) is 2. The summed E-state index contributed by atoms with van der Waals surface area (Å²) in [6, 6.07) is 0. The van der Waals surface area contributed by atoms with Crippen molar-refractivity contribution in [2.75, 3.05) is 13.7 Å². The zero-order valence-corrected chi connectivity index (χ0v) is 13.9. The summed E-state index contributed by atoms with van der Waals surface area (Å²) in [5, 5.41) is 0. The van der Waals surface area contributed by atoms with E-state index in [0.29, 0.717) is 13.0 Å². The minimum atomic E-state index is -0.245.